The quantitative estimate of drug-likeness (QED) is 0.814. The average molecular weight is 259 g/mol. The second kappa shape index (κ2) is 5.60. The molecule has 0 spiro atoms. The van der Waals surface area contributed by atoms with Crippen LogP contribution in [0.15, 0.2) is 6.20 Å². The van der Waals surface area contributed by atoms with Crippen molar-refractivity contribution in [1.82, 2.24) is 4.98 Å². The summed E-state index contributed by atoms with van der Waals surface area (Å²) in [5.41, 5.74) is 0. The Balaban J connectivity index is 2.12. The Morgan fingerprint density at radius 3 is 2.80 bits per heavy atom. The second-order valence-electron chi connectivity index (χ2n) is 3.63. The summed E-state index contributed by atoms with van der Waals surface area (Å²) in [5, 5.41) is 2.79. The van der Waals surface area contributed by atoms with E-state index in [2.05, 4.69) is 48.6 Å². The number of rotatable bonds is 3. The highest BCUT2D eigenvalue weighted by Crippen LogP contribution is 2.45. The highest BCUT2D eigenvalue weighted by Gasteiger charge is 2.28. The highest BCUT2D eigenvalue weighted by atomic mass is 32.2. The van der Waals surface area contributed by atoms with Crippen LogP contribution >= 0.6 is 34.9 Å². The van der Waals surface area contributed by atoms with E-state index in [4.69, 9.17) is 0 Å². The zero-order valence-corrected chi connectivity index (χ0v) is 11.7. The molecule has 0 radical (unpaired) electrons. The summed E-state index contributed by atoms with van der Waals surface area (Å²) in [6.07, 6.45) is 4.45. The molecule has 0 amide bonds. The van der Waals surface area contributed by atoms with Crippen LogP contribution in [0.1, 0.15) is 35.4 Å². The van der Waals surface area contributed by atoms with Crippen molar-refractivity contribution in [2.45, 2.75) is 37.2 Å². The Morgan fingerprint density at radius 1 is 1.33 bits per heavy atom. The standard InChI is InChI=1S/C11H17NS3/c1-3-8-7-12-11(15-8)10-9(4-2)13-5-6-14-10/h7,9-10H,3-6H2,1-2H3. The van der Waals surface area contributed by atoms with Gasteiger partial charge in [-0.2, -0.15) is 11.8 Å². The van der Waals surface area contributed by atoms with Gasteiger partial charge in [0.2, 0.25) is 0 Å². The van der Waals surface area contributed by atoms with Gasteiger partial charge in [0, 0.05) is 27.8 Å². The molecule has 2 rings (SSSR count). The summed E-state index contributed by atoms with van der Waals surface area (Å²) in [4.78, 5) is 6.02. The molecule has 2 heterocycles. The Morgan fingerprint density at radius 2 is 2.13 bits per heavy atom. The van der Waals surface area contributed by atoms with Crippen molar-refractivity contribution >= 4 is 34.9 Å². The maximum absolute atomic E-state index is 4.59. The third-order valence-electron chi connectivity index (χ3n) is 2.62. The molecule has 1 aromatic heterocycles. The molecule has 1 nitrogen and oxygen atoms in total. The van der Waals surface area contributed by atoms with Crippen molar-refractivity contribution in [3.8, 4) is 0 Å². The van der Waals surface area contributed by atoms with Crippen LogP contribution in [0.3, 0.4) is 0 Å². The van der Waals surface area contributed by atoms with Gasteiger partial charge in [-0.25, -0.2) is 4.98 Å². The van der Waals surface area contributed by atoms with Gasteiger partial charge in [-0.1, -0.05) is 13.8 Å². The monoisotopic (exact) mass is 259 g/mol. The minimum Gasteiger partial charge on any atom is -0.248 e. The topological polar surface area (TPSA) is 12.9 Å². The van der Waals surface area contributed by atoms with Crippen LogP contribution in [0, 0.1) is 0 Å². The Labute approximate surface area is 104 Å². The van der Waals surface area contributed by atoms with Gasteiger partial charge in [0.1, 0.15) is 5.01 Å². The molecule has 0 bridgehead atoms. The molecule has 1 aliphatic heterocycles. The first-order valence-electron chi connectivity index (χ1n) is 5.53. The van der Waals surface area contributed by atoms with Crippen LogP contribution in [-0.2, 0) is 6.42 Å². The molecule has 2 atom stereocenters. The number of aryl methyl sites for hydroxylation is 1. The van der Waals surface area contributed by atoms with Crippen LogP contribution in [0.4, 0.5) is 0 Å². The summed E-state index contributed by atoms with van der Waals surface area (Å²) in [5.74, 6) is 2.60. The second-order valence-corrected chi connectivity index (χ2v) is 7.37. The van der Waals surface area contributed by atoms with Crippen molar-refractivity contribution in [1.29, 1.82) is 0 Å². The molecule has 0 aliphatic carbocycles. The molecule has 1 saturated heterocycles. The zero-order valence-electron chi connectivity index (χ0n) is 9.23. The Bertz CT molecular complexity index is 311. The van der Waals surface area contributed by atoms with Crippen LogP contribution in [0.5, 0.6) is 0 Å². The van der Waals surface area contributed by atoms with E-state index in [-0.39, 0.29) is 0 Å². The zero-order chi connectivity index (χ0) is 10.7. The molecule has 2 unspecified atom stereocenters. The maximum Gasteiger partial charge on any atom is 0.107 e. The van der Waals surface area contributed by atoms with Gasteiger partial charge in [-0.15, -0.1) is 23.1 Å². The molecular formula is C11H17NS3. The number of hydrogen-bond donors (Lipinski definition) is 0. The van der Waals surface area contributed by atoms with E-state index in [9.17, 15) is 0 Å². The molecule has 84 valence electrons. The minimum absolute atomic E-state index is 0.652. The van der Waals surface area contributed by atoms with Crippen LogP contribution < -0.4 is 0 Å². The lowest BCUT2D eigenvalue weighted by Gasteiger charge is -2.28. The SMILES string of the molecule is CCc1cnc(C2SCCSC2CC)s1. The number of nitrogens with zero attached hydrogens (tertiary/aromatic N) is 1. The van der Waals surface area contributed by atoms with E-state index < -0.39 is 0 Å². The van der Waals surface area contributed by atoms with Gasteiger partial charge < -0.3 is 0 Å². The van der Waals surface area contributed by atoms with E-state index in [1.807, 2.05) is 11.3 Å². The third-order valence-corrected chi connectivity index (χ3v) is 7.24. The number of thioether (sulfide) groups is 2. The molecule has 0 N–H and O–H groups in total. The van der Waals surface area contributed by atoms with Crippen molar-refractivity contribution < 1.29 is 0 Å². The van der Waals surface area contributed by atoms with Crippen molar-refractivity contribution in [3.05, 3.63) is 16.1 Å². The number of aromatic nitrogens is 1. The molecule has 15 heavy (non-hydrogen) atoms. The maximum atomic E-state index is 4.59. The molecule has 0 aromatic carbocycles. The largest absolute Gasteiger partial charge is 0.248 e. The van der Waals surface area contributed by atoms with E-state index in [0.29, 0.717) is 5.25 Å². The van der Waals surface area contributed by atoms with E-state index in [1.165, 1.54) is 27.8 Å². The summed E-state index contributed by atoms with van der Waals surface area (Å²) in [6, 6.07) is 0. The van der Waals surface area contributed by atoms with E-state index >= 15 is 0 Å². The van der Waals surface area contributed by atoms with Gasteiger partial charge in [-0.3, -0.25) is 0 Å². The van der Waals surface area contributed by atoms with Gasteiger partial charge in [-0.05, 0) is 12.8 Å². The van der Waals surface area contributed by atoms with Gasteiger partial charge in [0.25, 0.3) is 0 Å². The van der Waals surface area contributed by atoms with Crippen molar-refractivity contribution in [3.63, 3.8) is 0 Å². The van der Waals surface area contributed by atoms with Crippen LogP contribution in [0.25, 0.3) is 0 Å². The first kappa shape index (κ1) is 11.8. The fourth-order valence-electron chi connectivity index (χ4n) is 1.75. The summed E-state index contributed by atoms with van der Waals surface area (Å²) in [7, 11) is 0. The lowest BCUT2D eigenvalue weighted by Crippen LogP contribution is -2.17. The average Bonchev–Trinajstić information content (AvgIpc) is 2.77. The Hall–Kier alpha value is 0.330. The predicted molar refractivity (Wildman–Crippen MR) is 73.2 cm³/mol. The van der Waals surface area contributed by atoms with E-state index in [0.717, 1.165) is 11.7 Å². The number of hydrogen-bond acceptors (Lipinski definition) is 4. The molecule has 1 aliphatic rings. The molecule has 0 saturated carbocycles. The van der Waals surface area contributed by atoms with Gasteiger partial charge in [0.05, 0.1) is 5.25 Å². The smallest absolute Gasteiger partial charge is 0.107 e. The normalized spacial score (nSPS) is 26.8. The summed E-state index contributed by atoms with van der Waals surface area (Å²) < 4.78 is 0. The van der Waals surface area contributed by atoms with Crippen LogP contribution in [0.2, 0.25) is 0 Å². The predicted octanol–water partition coefficient (Wildman–Crippen LogP) is 4.01. The first-order chi connectivity index (χ1) is 7.35. The number of thiazole rings is 1. The fourth-order valence-corrected chi connectivity index (χ4v) is 6.04. The van der Waals surface area contributed by atoms with Gasteiger partial charge >= 0.3 is 0 Å². The lowest BCUT2D eigenvalue weighted by molar-refractivity contribution is 0.789. The Kier molecular flexibility index (Phi) is 4.40. The van der Waals surface area contributed by atoms with Gasteiger partial charge in [0.15, 0.2) is 0 Å². The summed E-state index contributed by atoms with van der Waals surface area (Å²) >= 11 is 6.14. The summed E-state index contributed by atoms with van der Waals surface area (Å²) in [6.45, 7) is 4.50. The third kappa shape index (κ3) is 2.71. The fraction of sp³-hybridized carbons (Fsp3) is 0.727. The lowest BCUT2D eigenvalue weighted by atomic mass is 10.2. The van der Waals surface area contributed by atoms with Crippen LogP contribution in [-0.4, -0.2) is 21.7 Å². The molecule has 1 fully saturated rings. The first-order valence-corrected chi connectivity index (χ1v) is 8.44. The molecular weight excluding hydrogens is 242 g/mol. The molecule has 1 aromatic rings. The highest BCUT2D eigenvalue weighted by molar-refractivity contribution is 8.06. The van der Waals surface area contributed by atoms with Crippen molar-refractivity contribution in [2.24, 2.45) is 0 Å². The van der Waals surface area contributed by atoms with E-state index in [1.54, 1.807) is 0 Å². The molecule has 4 heteroatoms. The van der Waals surface area contributed by atoms with Crippen molar-refractivity contribution in [2.75, 3.05) is 11.5 Å². The minimum atomic E-state index is 0.652.